The number of allylic oxidation sites excluding steroid dienone is 4. The topological polar surface area (TPSA) is 0 Å². The van der Waals surface area contributed by atoms with E-state index in [2.05, 4.69) is 57.2 Å². The zero-order valence-electron chi connectivity index (χ0n) is 9.04. The van der Waals surface area contributed by atoms with Gasteiger partial charge in [0.2, 0.25) is 0 Å². The predicted molar refractivity (Wildman–Crippen MR) is 62.3 cm³/mol. The first-order valence-electron chi connectivity index (χ1n) is 5.18. The molecule has 0 N–H and O–H groups in total. The van der Waals surface area contributed by atoms with Gasteiger partial charge in [-0.3, -0.25) is 0 Å². The highest BCUT2D eigenvalue weighted by molar-refractivity contribution is 5.78. The summed E-state index contributed by atoms with van der Waals surface area (Å²) in [6, 6.07) is 8.70. The molecule has 0 saturated carbocycles. The second kappa shape index (κ2) is 3.45. The Morgan fingerprint density at radius 2 is 1.93 bits per heavy atom. The maximum absolute atomic E-state index is 2.28. The highest BCUT2D eigenvalue weighted by Gasteiger charge is 2.22. The quantitative estimate of drug-likeness (QED) is 0.615. The Morgan fingerprint density at radius 1 is 1.21 bits per heavy atom. The molecule has 72 valence electrons. The van der Waals surface area contributed by atoms with Crippen molar-refractivity contribution in [3.05, 3.63) is 53.1 Å². The fraction of sp³-hybridized carbons (Fsp3) is 0.286. The Labute approximate surface area is 86.0 Å². The van der Waals surface area contributed by atoms with Crippen molar-refractivity contribution in [1.82, 2.24) is 0 Å². The van der Waals surface area contributed by atoms with E-state index in [1.807, 2.05) is 0 Å². The molecule has 1 aliphatic rings. The number of hydrogen-bond acceptors (Lipinski definition) is 0. The van der Waals surface area contributed by atoms with Gasteiger partial charge in [0.1, 0.15) is 0 Å². The normalized spacial score (nSPS) is 20.6. The van der Waals surface area contributed by atoms with Crippen molar-refractivity contribution in [2.45, 2.75) is 26.7 Å². The molecule has 14 heavy (non-hydrogen) atoms. The molecule has 0 heteroatoms. The second-order valence-corrected chi connectivity index (χ2v) is 3.89. The van der Waals surface area contributed by atoms with Crippen LogP contribution in [-0.4, -0.2) is 0 Å². The van der Waals surface area contributed by atoms with Crippen LogP contribution in [0.4, 0.5) is 0 Å². The van der Waals surface area contributed by atoms with Crippen molar-refractivity contribution in [3.63, 3.8) is 0 Å². The Kier molecular flexibility index (Phi) is 2.28. The van der Waals surface area contributed by atoms with Crippen molar-refractivity contribution >= 4 is 5.57 Å². The van der Waals surface area contributed by atoms with Crippen LogP contribution in [-0.2, 0) is 0 Å². The molecule has 1 atom stereocenters. The summed E-state index contributed by atoms with van der Waals surface area (Å²) in [7, 11) is 0. The second-order valence-electron chi connectivity index (χ2n) is 3.89. The SMILES string of the molecule is C/C=C\C1=C(C)c2ccccc2C1C. The lowest BCUT2D eigenvalue weighted by Crippen LogP contribution is -1.90. The van der Waals surface area contributed by atoms with Crippen molar-refractivity contribution < 1.29 is 0 Å². The Balaban J connectivity index is 2.56. The van der Waals surface area contributed by atoms with E-state index in [4.69, 9.17) is 0 Å². The monoisotopic (exact) mass is 184 g/mol. The molecule has 0 saturated heterocycles. The fourth-order valence-corrected chi connectivity index (χ4v) is 2.31. The standard InChI is InChI=1S/C14H16/c1-4-7-12-10(2)13-8-5-6-9-14(13)11(12)3/h4-10H,1-3H3/b7-4-. The first-order chi connectivity index (χ1) is 6.75. The smallest absolute Gasteiger partial charge is 0.00697 e. The van der Waals surface area contributed by atoms with Crippen molar-refractivity contribution in [3.8, 4) is 0 Å². The van der Waals surface area contributed by atoms with Crippen molar-refractivity contribution in [2.24, 2.45) is 0 Å². The molecule has 1 aromatic carbocycles. The third-order valence-electron chi connectivity index (χ3n) is 3.08. The molecular weight excluding hydrogens is 168 g/mol. The summed E-state index contributed by atoms with van der Waals surface area (Å²) in [5.41, 5.74) is 5.80. The third kappa shape index (κ3) is 1.22. The number of benzene rings is 1. The summed E-state index contributed by atoms with van der Waals surface area (Å²) in [5, 5.41) is 0. The molecule has 0 spiro atoms. The van der Waals surface area contributed by atoms with Crippen LogP contribution >= 0.6 is 0 Å². The van der Waals surface area contributed by atoms with Crippen molar-refractivity contribution in [1.29, 1.82) is 0 Å². The average molecular weight is 184 g/mol. The zero-order chi connectivity index (χ0) is 10.1. The molecular formula is C14H16. The van der Waals surface area contributed by atoms with Crippen LogP contribution in [0.25, 0.3) is 5.57 Å². The Hall–Kier alpha value is -1.30. The molecule has 1 aromatic rings. The maximum Gasteiger partial charge on any atom is 0.00697 e. The van der Waals surface area contributed by atoms with E-state index in [0.29, 0.717) is 5.92 Å². The van der Waals surface area contributed by atoms with Gasteiger partial charge in [0, 0.05) is 5.92 Å². The van der Waals surface area contributed by atoms with Crippen LogP contribution in [0.5, 0.6) is 0 Å². The van der Waals surface area contributed by atoms with Gasteiger partial charge >= 0.3 is 0 Å². The minimum Gasteiger partial charge on any atom is -0.0874 e. The van der Waals surface area contributed by atoms with Gasteiger partial charge in [-0.1, -0.05) is 43.3 Å². The van der Waals surface area contributed by atoms with E-state index in [1.54, 1.807) is 0 Å². The Morgan fingerprint density at radius 3 is 2.57 bits per heavy atom. The average Bonchev–Trinajstić information content (AvgIpc) is 2.45. The molecule has 2 rings (SSSR count). The predicted octanol–water partition coefficient (Wildman–Crippen LogP) is 4.15. The molecule has 0 aliphatic heterocycles. The number of fused-ring (bicyclic) bond motifs is 1. The molecule has 1 unspecified atom stereocenters. The van der Waals surface area contributed by atoms with Crippen LogP contribution in [0.1, 0.15) is 37.8 Å². The highest BCUT2D eigenvalue weighted by Crippen LogP contribution is 2.41. The van der Waals surface area contributed by atoms with E-state index >= 15 is 0 Å². The molecule has 0 fully saturated rings. The molecule has 0 aromatic heterocycles. The van der Waals surface area contributed by atoms with Gasteiger partial charge in [0.05, 0.1) is 0 Å². The van der Waals surface area contributed by atoms with Gasteiger partial charge in [-0.2, -0.15) is 0 Å². The largest absolute Gasteiger partial charge is 0.0874 e. The van der Waals surface area contributed by atoms with Crippen LogP contribution in [0.2, 0.25) is 0 Å². The summed E-state index contributed by atoms with van der Waals surface area (Å²) in [4.78, 5) is 0. The van der Waals surface area contributed by atoms with Gasteiger partial charge in [0.25, 0.3) is 0 Å². The first-order valence-corrected chi connectivity index (χ1v) is 5.18. The molecule has 0 nitrogen and oxygen atoms in total. The maximum atomic E-state index is 2.28. The minimum atomic E-state index is 0.558. The number of hydrogen-bond donors (Lipinski definition) is 0. The van der Waals surface area contributed by atoms with E-state index in [0.717, 1.165) is 0 Å². The van der Waals surface area contributed by atoms with Gasteiger partial charge in [-0.25, -0.2) is 0 Å². The Bertz CT molecular complexity index is 408. The molecule has 0 radical (unpaired) electrons. The van der Waals surface area contributed by atoms with Crippen LogP contribution < -0.4 is 0 Å². The number of rotatable bonds is 1. The van der Waals surface area contributed by atoms with Crippen molar-refractivity contribution in [2.75, 3.05) is 0 Å². The van der Waals surface area contributed by atoms with E-state index in [9.17, 15) is 0 Å². The van der Waals surface area contributed by atoms with Gasteiger partial charge in [-0.05, 0) is 36.1 Å². The lowest BCUT2D eigenvalue weighted by Gasteiger charge is -2.06. The van der Waals surface area contributed by atoms with Crippen LogP contribution in [0.3, 0.4) is 0 Å². The fourth-order valence-electron chi connectivity index (χ4n) is 2.31. The molecule has 1 aliphatic carbocycles. The highest BCUT2D eigenvalue weighted by atomic mass is 14.3. The summed E-state index contributed by atoms with van der Waals surface area (Å²) in [6.45, 7) is 6.58. The van der Waals surface area contributed by atoms with E-state index in [1.165, 1.54) is 22.3 Å². The summed E-state index contributed by atoms with van der Waals surface area (Å²) >= 11 is 0. The molecule has 0 bridgehead atoms. The summed E-state index contributed by atoms with van der Waals surface area (Å²) in [6.07, 6.45) is 4.36. The molecule has 0 amide bonds. The lowest BCUT2D eigenvalue weighted by molar-refractivity contribution is 0.946. The minimum absolute atomic E-state index is 0.558. The lowest BCUT2D eigenvalue weighted by atomic mass is 9.98. The van der Waals surface area contributed by atoms with Gasteiger partial charge in [0.15, 0.2) is 0 Å². The first kappa shape index (κ1) is 9.26. The van der Waals surface area contributed by atoms with Gasteiger partial charge < -0.3 is 0 Å². The van der Waals surface area contributed by atoms with E-state index < -0.39 is 0 Å². The summed E-state index contributed by atoms with van der Waals surface area (Å²) in [5.74, 6) is 0.558. The zero-order valence-corrected chi connectivity index (χ0v) is 9.04. The summed E-state index contributed by atoms with van der Waals surface area (Å²) < 4.78 is 0. The third-order valence-corrected chi connectivity index (χ3v) is 3.08. The van der Waals surface area contributed by atoms with E-state index in [-0.39, 0.29) is 0 Å². The van der Waals surface area contributed by atoms with Crippen LogP contribution in [0, 0.1) is 0 Å². The van der Waals surface area contributed by atoms with Crippen LogP contribution in [0.15, 0.2) is 42.0 Å². The van der Waals surface area contributed by atoms with Gasteiger partial charge in [-0.15, -0.1) is 0 Å². The molecule has 0 heterocycles.